The summed E-state index contributed by atoms with van der Waals surface area (Å²) in [6.07, 6.45) is 4.24. The summed E-state index contributed by atoms with van der Waals surface area (Å²) in [7, 11) is -2.84. The highest BCUT2D eigenvalue weighted by Crippen LogP contribution is 2.21. The molecule has 2 aliphatic rings. The molecule has 88 valence electrons. The van der Waals surface area contributed by atoms with Gasteiger partial charge in [0, 0.05) is 12.1 Å². The van der Waals surface area contributed by atoms with Crippen LogP contribution in [-0.4, -0.2) is 43.2 Å². The summed E-state index contributed by atoms with van der Waals surface area (Å²) < 4.78 is 22.8. The van der Waals surface area contributed by atoms with Crippen molar-refractivity contribution in [1.82, 2.24) is 5.32 Å². The molecule has 4 nitrogen and oxygen atoms in total. The van der Waals surface area contributed by atoms with Gasteiger partial charge in [-0.1, -0.05) is 0 Å². The largest absolute Gasteiger partial charge is 0.392 e. The smallest absolute Gasteiger partial charge is 0.151 e. The van der Waals surface area contributed by atoms with Crippen molar-refractivity contribution in [3.63, 3.8) is 0 Å². The Balaban J connectivity index is 1.89. The summed E-state index contributed by atoms with van der Waals surface area (Å²) in [6, 6.07) is 0.171. The number of sulfone groups is 1. The van der Waals surface area contributed by atoms with Crippen LogP contribution < -0.4 is 5.32 Å². The molecular formula is C10H19NO3S. The Bertz CT molecular complexity index is 315. The lowest BCUT2D eigenvalue weighted by Crippen LogP contribution is -2.47. The van der Waals surface area contributed by atoms with Crippen LogP contribution in [0.4, 0.5) is 0 Å². The second-order valence-corrected chi connectivity index (χ2v) is 6.95. The lowest BCUT2D eigenvalue weighted by molar-refractivity contribution is 0.143. The fourth-order valence-electron chi connectivity index (χ4n) is 2.59. The molecule has 0 amide bonds. The zero-order valence-corrected chi connectivity index (χ0v) is 9.67. The zero-order valence-electron chi connectivity index (χ0n) is 8.85. The summed E-state index contributed by atoms with van der Waals surface area (Å²) in [5, 5.41) is 12.9. The Morgan fingerprint density at radius 2 is 1.93 bits per heavy atom. The second kappa shape index (κ2) is 4.39. The van der Waals surface area contributed by atoms with E-state index in [-0.39, 0.29) is 23.9 Å². The molecule has 2 rings (SSSR count). The summed E-state index contributed by atoms with van der Waals surface area (Å²) in [5.41, 5.74) is 0. The maximum absolute atomic E-state index is 11.4. The topological polar surface area (TPSA) is 66.4 Å². The van der Waals surface area contributed by atoms with Gasteiger partial charge in [-0.3, -0.25) is 0 Å². The molecule has 0 radical (unpaired) electrons. The van der Waals surface area contributed by atoms with E-state index < -0.39 is 9.84 Å². The van der Waals surface area contributed by atoms with Crippen LogP contribution in [0.15, 0.2) is 0 Å². The number of aliphatic hydroxyl groups excluding tert-OH is 1. The Morgan fingerprint density at radius 3 is 2.53 bits per heavy atom. The first-order valence-electron chi connectivity index (χ1n) is 5.71. The maximum Gasteiger partial charge on any atom is 0.151 e. The van der Waals surface area contributed by atoms with Crippen LogP contribution in [0.5, 0.6) is 0 Å². The lowest BCUT2D eigenvalue weighted by atomic mass is 10.1. The van der Waals surface area contributed by atoms with Crippen molar-refractivity contribution in [1.29, 1.82) is 0 Å². The number of nitrogens with one attached hydrogen (secondary N) is 1. The van der Waals surface area contributed by atoms with Gasteiger partial charge in [-0.15, -0.1) is 0 Å². The van der Waals surface area contributed by atoms with Crippen molar-refractivity contribution in [3.8, 4) is 0 Å². The number of hydrogen-bond acceptors (Lipinski definition) is 4. The summed E-state index contributed by atoms with van der Waals surface area (Å²) >= 11 is 0. The van der Waals surface area contributed by atoms with Gasteiger partial charge >= 0.3 is 0 Å². The first kappa shape index (κ1) is 11.4. The van der Waals surface area contributed by atoms with Crippen LogP contribution in [0.25, 0.3) is 0 Å². The third kappa shape index (κ3) is 2.92. The van der Waals surface area contributed by atoms with E-state index in [0.29, 0.717) is 5.75 Å². The van der Waals surface area contributed by atoms with Crippen LogP contribution in [0.3, 0.4) is 0 Å². The van der Waals surface area contributed by atoms with Gasteiger partial charge in [0.25, 0.3) is 0 Å². The Hall–Kier alpha value is -0.130. The van der Waals surface area contributed by atoms with Gasteiger partial charge in [-0.25, -0.2) is 8.42 Å². The van der Waals surface area contributed by atoms with Gasteiger partial charge < -0.3 is 10.4 Å². The average molecular weight is 233 g/mol. The molecule has 1 saturated heterocycles. The molecule has 0 bridgehead atoms. The van der Waals surface area contributed by atoms with Gasteiger partial charge in [0.1, 0.15) is 0 Å². The van der Waals surface area contributed by atoms with E-state index in [2.05, 4.69) is 5.32 Å². The van der Waals surface area contributed by atoms with Crippen LogP contribution >= 0.6 is 0 Å². The molecule has 1 saturated carbocycles. The molecule has 1 aliphatic carbocycles. The van der Waals surface area contributed by atoms with Crippen molar-refractivity contribution in [2.45, 2.75) is 50.3 Å². The van der Waals surface area contributed by atoms with Gasteiger partial charge in [-0.2, -0.15) is 0 Å². The minimum absolute atomic E-state index is 0.0569. The van der Waals surface area contributed by atoms with Crippen molar-refractivity contribution in [2.75, 3.05) is 11.5 Å². The number of aliphatic hydroxyl groups is 1. The molecule has 0 aromatic rings. The fraction of sp³-hybridized carbons (Fsp3) is 1.00. The van der Waals surface area contributed by atoms with Crippen LogP contribution in [0.2, 0.25) is 0 Å². The molecule has 1 unspecified atom stereocenters. The maximum atomic E-state index is 11.4. The SMILES string of the molecule is O=S1(=O)CCCC(N[C@H]2CCC[C@@H]2O)C1. The molecule has 0 aromatic heterocycles. The molecule has 2 fully saturated rings. The molecule has 1 heterocycles. The minimum atomic E-state index is -2.84. The fourth-order valence-corrected chi connectivity index (χ4v) is 4.24. The third-order valence-electron chi connectivity index (χ3n) is 3.39. The Kier molecular flexibility index (Phi) is 3.33. The predicted molar refractivity (Wildman–Crippen MR) is 58.5 cm³/mol. The van der Waals surface area contributed by atoms with E-state index in [9.17, 15) is 13.5 Å². The summed E-state index contributed by atoms with van der Waals surface area (Å²) in [6.45, 7) is 0. The highest BCUT2D eigenvalue weighted by Gasteiger charge is 2.31. The van der Waals surface area contributed by atoms with E-state index in [1.165, 1.54) is 0 Å². The zero-order chi connectivity index (χ0) is 10.9. The van der Waals surface area contributed by atoms with Crippen molar-refractivity contribution >= 4 is 9.84 Å². The quantitative estimate of drug-likeness (QED) is 0.708. The first-order chi connectivity index (χ1) is 7.07. The predicted octanol–water partition coefficient (Wildman–Crippen LogP) is 0.0666. The molecule has 1 aliphatic heterocycles. The van der Waals surface area contributed by atoms with Gasteiger partial charge in [-0.05, 0) is 32.1 Å². The van der Waals surface area contributed by atoms with Crippen LogP contribution in [-0.2, 0) is 9.84 Å². The highest BCUT2D eigenvalue weighted by molar-refractivity contribution is 7.91. The molecule has 2 N–H and O–H groups in total. The van der Waals surface area contributed by atoms with Gasteiger partial charge in [0.2, 0.25) is 0 Å². The number of hydrogen-bond donors (Lipinski definition) is 2. The molecule has 15 heavy (non-hydrogen) atoms. The molecular weight excluding hydrogens is 214 g/mol. The third-order valence-corrected chi connectivity index (χ3v) is 5.21. The standard InChI is InChI=1S/C10H19NO3S/c12-10-5-1-4-9(10)11-8-3-2-6-15(13,14)7-8/h8-12H,1-7H2/t8?,9-,10-/m0/s1. The molecule has 0 aromatic carbocycles. The van der Waals surface area contributed by atoms with Crippen LogP contribution in [0.1, 0.15) is 32.1 Å². The van der Waals surface area contributed by atoms with Crippen LogP contribution in [0, 0.1) is 0 Å². The molecule has 3 atom stereocenters. The summed E-state index contributed by atoms with van der Waals surface area (Å²) in [4.78, 5) is 0. The minimum Gasteiger partial charge on any atom is -0.392 e. The normalized spacial score (nSPS) is 40.5. The van der Waals surface area contributed by atoms with E-state index in [4.69, 9.17) is 0 Å². The molecule has 5 heteroatoms. The van der Waals surface area contributed by atoms with Crippen molar-refractivity contribution < 1.29 is 13.5 Å². The monoisotopic (exact) mass is 233 g/mol. The highest BCUT2D eigenvalue weighted by atomic mass is 32.2. The van der Waals surface area contributed by atoms with E-state index in [1.54, 1.807) is 0 Å². The average Bonchev–Trinajstić information content (AvgIpc) is 2.50. The van der Waals surface area contributed by atoms with Crippen molar-refractivity contribution in [3.05, 3.63) is 0 Å². The Labute approximate surface area is 91.0 Å². The van der Waals surface area contributed by atoms with E-state index in [0.717, 1.165) is 32.1 Å². The van der Waals surface area contributed by atoms with Gasteiger partial charge in [0.15, 0.2) is 9.84 Å². The van der Waals surface area contributed by atoms with Gasteiger partial charge in [0.05, 0.1) is 17.6 Å². The molecule has 0 spiro atoms. The first-order valence-corrected chi connectivity index (χ1v) is 7.53. The summed E-state index contributed by atoms with van der Waals surface area (Å²) in [5.74, 6) is 0.578. The number of rotatable bonds is 2. The van der Waals surface area contributed by atoms with Crippen molar-refractivity contribution in [2.24, 2.45) is 0 Å². The second-order valence-electron chi connectivity index (χ2n) is 4.72. The van der Waals surface area contributed by atoms with E-state index >= 15 is 0 Å². The Morgan fingerprint density at radius 1 is 1.13 bits per heavy atom. The van der Waals surface area contributed by atoms with E-state index in [1.807, 2.05) is 0 Å². The lowest BCUT2D eigenvalue weighted by Gasteiger charge is -2.27.